The lowest BCUT2D eigenvalue weighted by Gasteiger charge is -2.31. The van der Waals surface area contributed by atoms with E-state index in [1.54, 1.807) is 0 Å². The predicted octanol–water partition coefficient (Wildman–Crippen LogP) is 3.84. The third kappa shape index (κ3) is 3.22. The van der Waals surface area contributed by atoms with Crippen LogP contribution in [0.2, 0.25) is 0 Å². The fourth-order valence-corrected chi connectivity index (χ4v) is 2.98. The lowest BCUT2D eigenvalue weighted by Crippen LogP contribution is -2.38. The maximum atomic E-state index is 5.64. The van der Waals surface area contributed by atoms with Gasteiger partial charge in [-0.25, -0.2) is 0 Å². The Morgan fingerprint density at radius 2 is 1.86 bits per heavy atom. The van der Waals surface area contributed by atoms with Crippen molar-refractivity contribution >= 4 is 23.0 Å². The molecule has 0 radical (unpaired) electrons. The van der Waals surface area contributed by atoms with E-state index in [9.17, 15) is 0 Å². The van der Waals surface area contributed by atoms with Gasteiger partial charge < -0.3 is 15.0 Å². The zero-order valence-electron chi connectivity index (χ0n) is 12.7. The summed E-state index contributed by atoms with van der Waals surface area (Å²) in [5.74, 6) is 0.838. The summed E-state index contributed by atoms with van der Waals surface area (Å²) in [6, 6.07) is 16.5. The first-order valence-corrected chi connectivity index (χ1v) is 8.03. The van der Waals surface area contributed by atoms with Gasteiger partial charge in [-0.1, -0.05) is 36.4 Å². The molecule has 4 heteroatoms. The van der Waals surface area contributed by atoms with Gasteiger partial charge in [0.15, 0.2) is 5.11 Å². The molecular formula is C18H20N2OS. The Morgan fingerprint density at radius 3 is 2.68 bits per heavy atom. The lowest BCUT2D eigenvalue weighted by molar-refractivity contribution is 0.341. The molecule has 114 valence electrons. The van der Waals surface area contributed by atoms with Gasteiger partial charge in [0.25, 0.3) is 0 Å². The summed E-state index contributed by atoms with van der Waals surface area (Å²) >= 11 is 5.59. The number of hydrogen-bond acceptors (Lipinski definition) is 2. The molecule has 2 aromatic carbocycles. The van der Waals surface area contributed by atoms with Gasteiger partial charge >= 0.3 is 0 Å². The minimum atomic E-state index is 0.641. The van der Waals surface area contributed by atoms with Crippen LogP contribution in [0.5, 0.6) is 5.75 Å². The molecule has 0 fully saturated rings. The van der Waals surface area contributed by atoms with E-state index in [2.05, 4.69) is 34.5 Å². The van der Waals surface area contributed by atoms with Crippen LogP contribution in [-0.4, -0.2) is 23.2 Å². The number of fused-ring (bicyclic) bond motifs is 1. The fraction of sp³-hybridized carbons (Fsp3) is 0.278. The molecule has 0 amide bonds. The highest BCUT2D eigenvalue weighted by atomic mass is 32.1. The highest BCUT2D eigenvalue weighted by molar-refractivity contribution is 7.80. The molecule has 0 atom stereocenters. The van der Waals surface area contributed by atoms with Crippen LogP contribution < -0.4 is 10.1 Å². The Morgan fingerprint density at radius 1 is 1.14 bits per heavy atom. The average molecular weight is 312 g/mol. The summed E-state index contributed by atoms with van der Waals surface area (Å²) in [6.45, 7) is 4.43. The number of hydrogen-bond donors (Lipinski definition) is 1. The normalized spacial score (nSPS) is 13.4. The highest BCUT2D eigenvalue weighted by Crippen LogP contribution is 2.25. The number of nitrogens with zero attached hydrogens (tertiary/aromatic N) is 1. The van der Waals surface area contributed by atoms with Gasteiger partial charge in [-0.3, -0.25) is 0 Å². The molecule has 0 bridgehead atoms. The molecule has 0 aromatic heterocycles. The van der Waals surface area contributed by atoms with Crippen LogP contribution in [-0.2, 0) is 13.0 Å². The number of rotatable bonds is 3. The molecule has 1 aliphatic heterocycles. The first-order chi connectivity index (χ1) is 10.8. The van der Waals surface area contributed by atoms with Crippen molar-refractivity contribution in [1.29, 1.82) is 0 Å². The zero-order chi connectivity index (χ0) is 15.4. The number of thiocarbonyl (C=S) groups is 1. The molecule has 1 heterocycles. The molecule has 3 rings (SSSR count). The van der Waals surface area contributed by atoms with Crippen LogP contribution in [0.3, 0.4) is 0 Å². The molecule has 0 unspecified atom stereocenters. The molecule has 1 aliphatic rings. The number of benzene rings is 2. The first-order valence-electron chi connectivity index (χ1n) is 7.62. The van der Waals surface area contributed by atoms with Crippen molar-refractivity contribution in [3.05, 3.63) is 59.7 Å². The first kappa shape index (κ1) is 14.9. The van der Waals surface area contributed by atoms with Crippen molar-refractivity contribution in [2.75, 3.05) is 18.5 Å². The van der Waals surface area contributed by atoms with E-state index in [0.29, 0.717) is 6.61 Å². The molecule has 1 N–H and O–H groups in total. The van der Waals surface area contributed by atoms with Crippen molar-refractivity contribution in [1.82, 2.24) is 4.90 Å². The molecule has 2 aromatic rings. The third-order valence-corrected chi connectivity index (χ3v) is 4.21. The number of para-hydroxylation sites is 2. The highest BCUT2D eigenvalue weighted by Gasteiger charge is 2.18. The van der Waals surface area contributed by atoms with Gasteiger partial charge in [0.05, 0.1) is 12.3 Å². The van der Waals surface area contributed by atoms with Gasteiger partial charge in [-0.2, -0.15) is 0 Å². The van der Waals surface area contributed by atoms with E-state index in [1.807, 2.05) is 31.2 Å². The van der Waals surface area contributed by atoms with Crippen molar-refractivity contribution < 1.29 is 4.74 Å². The second kappa shape index (κ2) is 6.79. The second-order valence-electron chi connectivity index (χ2n) is 5.30. The van der Waals surface area contributed by atoms with E-state index in [0.717, 1.165) is 36.1 Å². The second-order valence-corrected chi connectivity index (χ2v) is 5.69. The SMILES string of the molecule is CCOc1ccccc1NC(=S)N1CCc2ccccc2C1. The van der Waals surface area contributed by atoms with Crippen LogP contribution in [0.25, 0.3) is 0 Å². The largest absolute Gasteiger partial charge is 0.492 e. The quantitative estimate of drug-likeness (QED) is 0.870. The molecule has 0 saturated carbocycles. The minimum Gasteiger partial charge on any atom is -0.492 e. The van der Waals surface area contributed by atoms with E-state index in [1.165, 1.54) is 11.1 Å². The Hall–Kier alpha value is -2.07. The van der Waals surface area contributed by atoms with Crippen molar-refractivity contribution in [3.63, 3.8) is 0 Å². The molecule has 0 saturated heterocycles. The maximum absolute atomic E-state index is 5.64. The monoisotopic (exact) mass is 312 g/mol. The Balaban J connectivity index is 1.71. The number of ether oxygens (including phenoxy) is 1. The summed E-state index contributed by atoms with van der Waals surface area (Å²) in [7, 11) is 0. The lowest BCUT2D eigenvalue weighted by atomic mass is 10.0. The number of anilines is 1. The molecule has 22 heavy (non-hydrogen) atoms. The summed E-state index contributed by atoms with van der Waals surface area (Å²) < 4.78 is 5.64. The minimum absolute atomic E-state index is 0.641. The van der Waals surface area contributed by atoms with Gasteiger partial charge in [0.2, 0.25) is 0 Å². The molecular weight excluding hydrogens is 292 g/mol. The molecule has 3 nitrogen and oxygen atoms in total. The van der Waals surface area contributed by atoms with E-state index >= 15 is 0 Å². The number of nitrogens with one attached hydrogen (secondary N) is 1. The fourth-order valence-electron chi connectivity index (χ4n) is 2.71. The van der Waals surface area contributed by atoms with Gasteiger partial charge in [-0.05, 0) is 48.8 Å². The Labute approximate surface area is 136 Å². The van der Waals surface area contributed by atoms with E-state index < -0.39 is 0 Å². The van der Waals surface area contributed by atoms with Gasteiger partial charge in [0, 0.05) is 13.1 Å². The third-order valence-electron chi connectivity index (χ3n) is 3.85. The van der Waals surface area contributed by atoms with Crippen molar-refractivity contribution in [2.45, 2.75) is 19.9 Å². The Kier molecular flexibility index (Phi) is 4.59. The molecule has 0 spiro atoms. The Bertz CT molecular complexity index is 672. The average Bonchev–Trinajstić information content (AvgIpc) is 2.56. The predicted molar refractivity (Wildman–Crippen MR) is 94.4 cm³/mol. The topological polar surface area (TPSA) is 24.5 Å². The smallest absolute Gasteiger partial charge is 0.173 e. The van der Waals surface area contributed by atoms with E-state index in [-0.39, 0.29) is 0 Å². The van der Waals surface area contributed by atoms with Crippen LogP contribution >= 0.6 is 12.2 Å². The molecule has 0 aliphatic carbocycles. The maximum Gasteiger partial charge on any atom is 0.173 e. The summed E-state index contributed by atoms with van der Waals surface area (Å²) in [4.78, 5) is 2.21. The van der Waals surface area contributed by atoms with Gasteiger partial charge in [-0.15, -0.1) is 0 Å². The van der Waals surface area contributed by atoms with Crippen LogP contribution in [0, 0.1) is 0 Å². The van der Waals surface area contributed by atoms with Crippen LogP contribution in [0.15, 0.2) is 48.5 Å². The van der Waals surface area contributed by atoms with Crippen LogP contribution in [0.4, 0.5) is 5.69 Å². The summed E-state index contributed by atoms with van der Waals surface area (Å²) in [5.41, 5.74) is 3.71. The summed E-state index contributed by atoms with van der Waals surface area (Å²) in [5, 5.41) is 4.08. The van der Waals surface area contributed by atoms with Crippen LogP contribution in [0.1, 0.15) is 18.1 Å². The van der Waals surface area contributed by atoms with Crippen molar-refractivity contribution in [2.24, 2.45) is 0 Å². The standard InChI is InChI=1S/C18H20N2OS/c1-2-21-17-10-6-5-9-16(17)19-18(22)20-12-11-14-7-3-4-8-15(14)13-20/h3-10H,2,11-13H2,1H3,(H,19,22). The summed E-state index contributed by atoms with van der Waals surface area (Å²) in [6.07, 6.45) is 1.03. The van der Waals surface area contributed by atoms with Gasteiger partial charge in [0.1, 0.15) is 5.75 Å². The zero-order valence-corrected chi connectivity index (χ0v) is 13.5. The van der Waals surface area contributed by atoms with E-state index in [4.69, 9.17) is 17.0 Å². The van der Waals surface area contributed by atoms with Crippen molar-refractivity contribution in [3.8, 4) is 5.75 Å².